The van der Waals surface area contributed by atoms with Crippen LogP contribution in [0, 0.1) is 35.0 Å². The lowest BCUT2D eigenvalue weighted by molar-refractivity contribution is -0.343. The van der Waals surface area contributed by atoms with Gasteiger partial charge in [0.1, 0.15) is 0 Å². The third-order valence-corrected chi connectivity index (χ3v) is 9.50. The van der Waals surface area contributed by atoms with Crippen molar-refractivity contribution in [1.29, 1.82) is 0 Å². The second kappa shape index (κ2) is 12.6. The maximum atomic E-state index is 13.2. The van der Waals surface area contributed by atoms with E-state index in [4.69, 9.17) is 0 Å². The predicted octanol–water partition coefficient (Wildman–Crippen LogP) is 6.77. The van der Waals surface area contributed by atoms with Crippen LogP contribution in [0.25, 0.3) is 0 Å². The van der Waals surface area contributed by atoms with E-state index >= 15 is 0 Å². The van der Waals surface area contributed by atoms with Crippen molar-refractivity contribution in [2.75, 3.05) is 0 Å². The number of rotatable bonds is 7. The van der Waals surface area contributed by atoms with Crippen LogP contribution >= 0.6 is 0 Å². The van der Waals surface area contributed by atoms with E-state index in [1.807, 2.05) is 6.08 Å². The molecule has 0 saturated heterocycles. The quantitative estimate of drug-likeness (QED) is 0.194. The number of hydrogen-bond donors (Lipinski definition) is 4. The summed E-state index contributed by atoms with van der Waals surface area (Å²) in [6.07, 6.45) is -2.19. The number of alkyl halides is 6. The van der Waals surface area contributed by atoms with Gasteiger partial charge >= 0.3 is 18.0 Å². The SMILES string of the molecule is CC(C)(O)CCCC(CC#CC(O)(C(F)(F)F)C(F)(F)F)[C@H]1CCC2/C(=C/C=C3CC(O)C[C@H](O)C3)CCC[C@@]21C. The van der Waals surface area contributed by atoms with Gasteiger partial charge in [0.2, 0.25) is 0 Å². The Hall–Kier alpha value is -1.54. The molecule has 3 saturated carbocycles. The maximum absolute atomic E-state index is 13.2. The van der Waals surface area contributed by atoms with Gasteiger partial charge in [0.15, 0.2) is 0 Å². The molecule has 3 fully saturated rings. The van der Waals surface area contributed by atoms with Crippen LogP contribution in [0.4, 0.5) is 26.3 Å². The zero-order chi connectivity index (χ0) is 30.9. The molecular weight excluding hydrogens is 550 g/mol. The van der Waals surface area contributed by atoms with Crippen molar-refractivity contribution in [3.8, 4) is 11.8 Å². The van der Waals surface area contributed by atoms with Crippen LogP contribution in [-0.2, 0) is 0 Å². The van der Waals surface area contributed by atoms with E-state index in [0.717, 1.165) is 43.6 Å². The molecule has 10 heteroatoms. The zero-order valence-corrected chi connectivity index (χ0v) is 24.1. The molecule has 0 aromatic rings. The molecule has 234 valence electrons. The van der Waals surface area contributed by atoms with Crippen molar-refractivity contribution >= 4 is 0 Å². The number of halogens is 6. The lowest BCUT2D eigenvalue weighted by Crippen LogP contribution is -2.55. The normalized spacial score (nSPS) is 32.5. The van der Waals surface area contributed by atoms with E-state index in [1.54, 1.807) is 13.8 Å². The lowest BCUT2D eigenvalue weighted by atomic mass is 9.60. The van der Waals surface area contributed by atoms with E-state index in [9.17, 15) is 46.8 Å². The van der Waals surface area contributed by atoms with Crippen LogP contribution < -0.4 is 0 Å². The summed E-state index contributed by atoms with van der Waals surface area (Å²) in [4.78, 5) is 0. The number of allylic oxidation sites excluding steroid dienone is 3. The summed E-state index contributed by atoms with van der Waals surface area (Å²) < 4.78 is 79.2. The minimum Gasteiger partial charge on any atom is -0.393 e. The Morgan fingerprint density at radius 2 is 1.59 bits per heavy atom. The number of hydrogen-bond acceptors (Lipinski definition) is 4. The molecule has 4 nitrogen and oxygen atoms in total. The van der Waals surface area contributed by atoms with Gasteiger partial charge in [-0.05, 0) is 107 Å². The first-order valence-corrected chi connectivity index (χ1v) is 14.6. The Kier molecular flexibility index (Phi) is 10.4. The summed E-state index contributed by atoms with van der Waals surface area (Å²) in [5.41, 5.74) is -4.05. The molecule has 0 aromatic heterocycles. The fourth-order valence-electron chi connectivity index (χ4n) is 7.44. The van der Waals surface area contributed by atoms with Gasteiger partial charge in [-0.2, -0.15) is 26.3 Å². The van der Waals surface area contributed by atoms with Crippen molar-refractivity contribution in [2.24, 2.45) is 23.2 Å². The van der Waals surface area contributed by atoms with Gasteiger partial charge in [-0.1, -0.05) is 42.6 Å². The Morgan fingerprint density at radius 1 is 0.976 bits per heavy atom. The van der Waals surface area contributed by atoms with Gasteiger partial charge in [-0.3, -0.25) is 0 Å². The fraction of sp³-hybridized carbons (Fsp3) is 0.806. The van der Waals surface area contributed by atoms with E-state index in [1.165, 1.54) is 5.57 Å². The average Bonchev–Trinajstić information content (AvgIpc) is 3.16. The van der Waals surface area contributed by atoms with E-state index < -0.39 is 35.8 Å². The molecule has 3 unspecified atom stereocenters. The molecule has 0 bridgehead atoms. The molecule has 6 atom stereocenters. The summed E-state index contributed by atoms with van der Waals surface area (Å²) in [6, 6.07) is 0. The van der Waals surface area contributed by atoms with Crippen LogP contribution in [0.3, 0.4) is 0 Å². The molecule has 0 aromatic carbocycles. The van der Waals surface area contributed by atoms with Crippen LogP contribution in [0.5, 0.6) is 0 Å². The van der Waals surface area contributed by atoms with Crippen LogP contribution in [-0.4, -0.2) is 56.2 Å². The Morgan fingerprint density at radius 3 is 2.15 bits per heavy atom. The number of aliphatic hydroxyl groups is 4. The standard InChI is InChI=1S/C31H44F6O4/c1-27(2,40)14-4-7-21(9-6-16-29(41,30(32,33)34)31(35,36)37)25-12-13-26-22(8-5-15-28(25,26)3)11-10-20-17-23(38)19-24(39)18-20/h10-11,21,23-26,38-41H,4-5,7-9,12-15,17-19H2,1-3H3/b20-10?,22-11+/t21?,23-,24?,25-,26?,28-/m1/s1. The zero-order valence-electron chi connectivity index (χ0n) is 24.1. The van der Waals surface area contributed by atoms with Crippen LogP contribution in [0.15, 0.2) is 23.3 Å². The molecule has 0 amide bonds. The summed E-state index contributed by atoms with van der Waals surface area (Å²) in [6.45, 7) is 5.46. The van der Waals surface area contributed by atoms with Gasteiger partial charge < -0.3 is 20.4 Å². The molecule has 3 rings (SSSR count). The molecular formula is C31H44F6O4. The first kappa shape index (κ1) is 34.0. The second-order valence-corrected chi connectivity index (χ2v) is 13.3. The summed E-state index contributed by atoms with van der Waals surface area (Å²) in [5.74, 6) is 3.13. The molecule has 3 aliphatic carbocycles. The monoisotopic (exact) mass is 594 g/mol. The van der Waals surface area contributed by atoms with Crippen molar-refractivity contribution in [3.63, 3.8) is 0 Å². The summed E-state index contributed by atoms with van der Waals surface area (Å²) in [7, 11) is 0. The minimum atomic E-state index is -5.99. The van der Waals surface area contributed by atoms with E-state index in [0.29, 0.717) is 38.5 Å². The highest BCUT2D eigenvalue weighted by molar-refractivity contribution is 5.27. The van der Waals surface area contributed by atoms with Crippen LogP contribution in [0.1, 0.15) is 97.8 Å². The highest BCUT2D eigenvalue weighted by Crippen LogP contribution is 2.60. The lowest BCUT2D eigenvalue weighted by Gasteiger charge is -2.45. The molecule has 0 heterocycles. The Labute approximate surface area is 238 Å². The van der Waals surface area contributed by atoms with Gasteiger partial charge in [0, 0.05) is 6.42 Å². The van der Waals surface area contributed by atoms with E-state index in [2.05, 4.69) is 18.9 Å². The number of aliphatic hydroxyl groups excluding tert-OH is 2. The second-order valence-electron chi connectivity index (χ2n) is 13.3. The minimum absolute atomic E-state index is 0.00292. The summed E-state index contributed by atoms with van der Waals surface area (Å²) in [5, 5.41) is 39.7. The molecule has 0 aliphatic heterocycles. The maximum Gasteiger partial charge on any atom is 0.438 e. The summed E-state index contributed by atoms with van der Waals surface area (Å²) >= 11 is 0. The fourth-order valence-corrected chi connectivity index (χ4v) is 7.44. The van der Waals surface area contributed by atoms with Crippen molar-refractivity contribution < 1.29 is 46.8 Å². The van der Waals surface area contributed by atoms with Gasteiger partial charge in [-0.15, -0.1) is 0 Å². The molecule has 4 N–H and O–H groups in total. The molecule has 3 aliphatic rings. The first-order chi connectivity index (χ1) is 18.8. The van der Waals surface area contributed by atoms with Crippen LogP contribution in [0.2, 0.25) is 0 Å². The Bertz CT molecular complexity index is 1000. The highest BCUT2D eigenvalue weighted by Gasteiger charge is 2.70. The largest absolute Gasteiger partial charge is 0.438 e. The molecule has 41 heavy (non-hydrogen) atoms. The predicted molar refractivity (Wildman–Crippen MR) is 143 cm³/mol. The van der Waals surface area contributed by atoms with Crippen molar-refractivity contribution in [3.05, 3.63) is 23.3 Å². The van der Waals surface area contributed by atoms with Crippen molar-refractivity contribution in [2.45, 2.75) is 134 Å². The third kappa shape index (κ3) is 8.10. The highest BCUT2D eigenvalue weighted by atomic mass is 19.4. The molecule has 0 radical (unpaired) electrons. The topological polar surface area (TPSA) is 80.9 Å². The smallest absolute Gasteiger partial charge is 0.393 e. The third-order valence-electron chi connectivity index (χ3n) is 9.50. The first-order valence-electron chi connectivity index (χ1n) is 14.6. The van der Waals surface area contributed by atoms with E-state index in [-0.39, 0.29) is 29.6 Å². The number of fused-ring (bicyclic) bond motifs is 1. The van der Waals surface area contributed by atoms with Gasteiger partial charge in [0.05, 0.1) is 17.8 Å². The van der Waals surface area contributed by atoms with Gasteiger partial charge in [0.25, 0.3) is 0 Å². The molecule has 0 spiro atoms. The van der Waals surface area contributed by atoms with Gasteiger partial charge in [-0.25, -0.2) is 0 Å². The van der Waals surface area contributed by atoms with Crippen molar-refractivity contribution in [1.82, 2.24) is 0 Å². The average molecular weight is 595 g/mol. The Balaban J connectivity index is 1.87.